The minimum atomic E-state index is -0.520. The van der Waals surface area contributed by atoms with Gasteiger partial charge in [-0.15, -0.1) is 0 Å². The van der Waals surface area contributed by atoms with E-state index in [-0.39, 0.29) is 6.03 Å². The van der Waals surface area contributed by atoms with Crippen molar-refractivity contribution in [2.75, 3.05) is 13.7 Å². The highest BCUT2D eigenvalue weighted by Crippen LogP contribution is 2.23. The van der Waals surface area contributed by atoms with E-state index in [4.69, 9.17) is 16.4 Å². The highest BCUT2D eigenvalue weighted by Gasteiger charge is 2.24. The molecule has 1 rings (SSSR count). The second-order valence-electron chi connectivity index (χ2n) is 4.48. The maximum atomic E-state index is 11.9. The predicted molar refractivity (Wildman–Crippen MR) is 72.4 cm³/mol. The van der Waals surface area contributed by atoms with Crippen LogP contribution < -0.4 is 5.32 Å². The summed E-state index contributed by atoms with van der Waals surface area (Å²) in [6, 6.07) is 7.13. The third kappa shape index (κ3) is 3.89. The van der Waals surface area contributed by atoms with Gasteiger partial charge in [-0.3, -0.25) is 4.84 Å². The van der Waals surface area contributed by atoms with Gasteiger partial charge in [0.05, 0.1) is 12.1 Å². The van der Waals surface area contributed by atoms with E-state index in [1.807, 2.05) is 39.0 Å². The molecule has 100 valence electrons. The van der Waals surface area contributed by atoms with Crippen LogP contribution in [0.3, 0.4) is 0 Å². The van der Waals surface area contributed by atoms with Crippen molar-refractivity contribution in [3.8, 4) is 0 Å². The van der Waals surface area contributed by atoms with Crippen molar-refractivity contribution in [3.63, 3.8) is 0 Å². The van der Waals surface area contributed by atoms with Gasteiger partial charge >= 0.3 is 6.03 Å². The molecule has 1 aromatic rings. The summed E-state index contributed by atoms with van der Waals surface area (Å²) in [6.07, 6.45) is 0. The first kappa shape index (κ1) is 14.8. The van der Waals surface area contributed by atoms with Crippen LogP contribution in [0.15, 0.2) is 24.3 Å². The number of nitrogens with one attached hydrogen (secondary N) is 1. The molecule has 0 unspecified atom stereocenters. The molecule has 0 aliphatic carbocycles. The smallest absolute Gasteiger partial charge is 0.327 e. The quantitative estimate of drug-likeness (QED) is 0.854. The summed E-state index contributed by atoms with van der Waals surface area (Å²) in [5, 5.41) is 4.72. The monoisotopic (exact) mass is 270 g/mol. The first-order valence-electron chi connectivity index (χ1n) is 5.81. The van der Waals surface area contributed by atoms with Crippen molar-refractivity contribution in [2.24, 2.45) is 0 Å². The lowest BCUT2D eigenvalue weighted by Gasteiger charge is -2.29. The van der Waals surface area contributed by atoms with E-state index in [0.717, 1.165) is 5.56 Å². The van der Waals surface area contributed by atoms with E-state index in [9.17, 15) is 4.79 Å². The van der Waals surface area contributed by atoms with Crippen molar-refractivity contribution in [2.45, 2.75) is 26.3 Å². The van der Waals surface area contributed by atoms with Crippen molar-refractivity contribution in [3.05, 3.63) is 34.9 Å². The normalized spacial score (nSPS) is 11.2. The van der Waals surface area contributed by atoms with Crippen molar-refractivity contribution in [1.29, 1.82) is 0 Å². The fourth-order valence-corrected chi connectivity index (χ4v) is 1.74. The molecule has 18 heavy (non-hydrogen) atoms. The average Bonchev–Trinajstić information content (AvgIpc) is 2.28. The zero-order valence-electron chi connectivity index (χ0n) is 11.2. The number of carbonyl (C=O) groups excluding carboxylic acids is 1. The maximum absolute atomic E-state index is 11.9. The number of amides is 2. The molecular weight excluding hydrogens is 252 g/mol. The van der Waals surface area contributed by atoms with Crippen LogP contribution in [0.5, 0.6) is 0 Å². The van der Waals surface area contributed by atoms with Crippen molar-refractivity contribution >= 4 is 17.6 Å². The van der Waals surface area contributed by atoms with E-state index in [0.29, 0.717) is 11.6 Å². The molecule has 0 aliphatic rings. The maximum Gasteiger partial charge on any atom is 0.341 e. The number of carbonyl (C=O) groups is 1. The molecule has 0 aliphatic heterocycles. The molecule has 4 nitrogen and oxygen atoms in total. The summed E-state index contributed by atoms with van der Waals surface area (Å²) >= 11 is 5.95. The predicted octanol–water partition coefficient (Wildman–Crippen LogP) is 3.17. The van der Waals surface area contributed by atoms with Crippen LogP contribution in [-0.4, -0.2) is 24.7 Å². The zero-order chi connectivity index (χ0) is 13.8. The topological polar surface area (TPSA) is 41.6 Å². The summed E-state index contributed by atoms with van der Waals surface area (Å²) in [4.78, 5) is 17.0. The lowest BCUT2D eigenvalue weighted by molar-refractivity contribution is -0.0938. The molecule has 0 fully saturated rings. The summed E-state index contributed by atoms with van der Waals surface area (Å²) < 4.78 is 0. The third-order valence-electron chi connectivity index (χ3n) is 2.57. The molecule has 2 amide bonds. The molecule has 0 saturated heterocycles. The summed E-state index contributed by atoms with van der Waals surface area (Å²) in [5.41, 5.74) is 0.418. The summed E-state index contributed by atoms with van der Waals surface area (Å²) in [6.45, 7) is 6.10. The van der Waals surface area contributed by atoms with Gasteiger partial charge in [-0.1, -0.05) is 23.7 Å². The van der Waals surface area contributed by atoms with Crippen LogP contribution in [0.2, 0.25) is 5.02 Å². The van der Waals surface area contributed by atoms with Gasteiger partial charge < -0.3 is 5.32 Å². The highest BCUT2D eigenvalue weighted by atomic mass is 35.5. The second kappa shape index (κ2) is 6.07. The number of urea groups is 1. The zero-order valence-corrected chi connectivity index (χ0v) is 11.9. The molecule has 0 atom stereocenters. The molecule has 5 heteroatoms. The minimum Gasteiger partial charge on any atom is -0.327 e. The first-order valence-corrected chi connectivity index (χ1v) is 6.19. The van der Waals surface area contributed by atoms with Gasteiger partial charge in [0.2, 0.25) is 0 Å². The van der Waals surface area contributed by atoms with Gasteiger partial charge in [-0.25, -0.2) is 9.86 Å². The largest absolute Gasteiger partial charge is 0.341 e. The van der Waals surface area contributed by atoms with E-state index < -0.39 is 5.54 Å². The molecule has 1 N–H and O–H groups in total. The number of hydroxylamine groups is 2. The average molecular weight is 271 g/mol. The molecule has 0 heterocycles. The molecule has 0 bridgehead atoms. The molecule has 0 aromatic heterocycles. The standard InChI is InChI=1S/C13H19ClN2O2/c1-5-18-16(4)12(17)15-13(2,3)10-7-6-8-11(14)9-10/h6-9H,5H2,1-4H3,(H,15,17). The van der Waals surface area contributed by atoms with Crippen LogP contribution in [0, 0.1) is 0 Å². The third-order valence-corrected chi connectivity index (χ3v) is 2.81. The molecule has 1 aromatic carbocycles. The van der Waals surface area contributed by atoms with Gasteiger partial charge in [0, 0.05) is 12.1 Å². The van der Waals surface area contributed by atoms with Crippen LogP contribution >= 0.6 is 11.6 Å². The Kier molecular flexibility index (Phi) is 4.99. The van der Waals surface area contributed by atoms with Gasteiger partial charge in [0.15, 0.2) is 0 Å². The summed E-state index contributed by atoms with van der Waals surface area (Å²) in [7, 11) is 1.58. The Morgan fingerprint density at radius 1 is 1.50 bits per heavy atom. The number of rotatable bonds is 4. The van der Waals surface area contributed by atoms with E-state index >= 15 is 0 Å². The summed E-state index contributed by atoms with van der Waals surface area (Å²) in [5.74, 6) is 0. The Morgan fingerprint density at radius 3 is 2.72 bits per heavy atom. The fraction of sp³-hybridized carbons (Fsp3) is 0.462. The van der Waals surface area contributed by atoms with E-state index in [1.165, 1.54) is 5.06 Å². The van der Waals surface area contributed by atoms with Gasteiger partial charge in [0.25, 0.3) is 0 Å². The number of hydrogen-bond acceptors (Lipinski definition) is 2. The Hall–Kier alpha value is -1.26. The molecule has 0 saturated carbocycles. The molecule has 0 spiro atoms. The van der Waals surface area contributed by atoms with Crippen molar-refractivity contribution in [1.82, 2.24) is 10.4 Å². The van der Waals surface area contributed by atoms with Gasteiger partial charge in [-0.05, 0) is 38.5 Å². The molecule has 0 radical (unpaired) electrons. The van der Waals surface area contributed by atoms with Crippen molar-refractivity contribution < 1.29 is 9.63 Å². The number of hydrogen-bond donors (Lipinski definition) is 1. The molecular formula is C13H19ClN2O2. The lowest BCUT2D eigenvalue weighted by Crippen LogP contribution is -2.47. The Balaban J connectivity index is 2.78. The number of halogens is 1. The number of benzene rings is 1. The van der Waals surface area contributed by atoms with Crippen LogP contribution in [0.4, 0.5) is 4.79 Å². The Morgan fingerprint density at radius 2 is 2.17 bits per heavy atom. The second-order valence-corrected chi connectivity index (χ2v) is 4.92. The SMILES string of the molecule is CCON(C)C(=O)NC(C)(C)c1cccc(Cl)c1. The first-order chi connectivity index (χ1) is 8.36. The van der Waals surface area contributed by atoms with Crippen LogP contribution in [-0.2, 0) is 10.4 Å². The van der Waals surface area contributed by atoms with E-state index in [2.05, 4.69) is 5.32 Å². The highest BCUT2D eigenvalue weighted by molar-refractivity contribution is 6.30. The Bertz CT molecular complexity index is 421. The van der Waals surface area contributed by atoms with Crippen LogP contribution in [0.25, 0.3) is 0 Å². The van der Waals surface area contributed by atoms with Gasteiger partial charge in [0.1, 0.15) is 0 Å². The number of nitrogens with zero attached hydrogens (tertiary/aromatic N) is 1. The Labute approximate surface area is 113 Å². The minimum absolute atomic E-state index is 0.290. The fourth-order valence-electron chi connectivity index (χ4n) is 1.55. The van der Waals surface area contributed by atoms with Crippen LogP contribution in [0.1, 0.15) is 26.3 Å². The van der Waals surface area contributed by atoms with E-state index in [1.54, 1.807) is 13.1 Å². The van der Waals surface area contributed by atoms with Gasteiger partial charge in [-0.2, -0.15) is 0 Å². The lowest BCUT2D eigenvalue weighted by atomic mass is 9.94.